The Labute approximate surface area is 129 Å². The molecule has 3 amide bonds. The van der Waals surface area contributed by atoms with Crippen molar-refractivity contribution >= 4 is 17.9 Å². The maximum atomic E-state index is 12.5. The van der Waals surface area contributed by atoms with Crippen LogP contribution < -0.4 is 5.32 Å². The lowest BCUT2D eigenvalue weighted by Gasteiger charge is -2.23. The van der Waals surface area contributed by atoms with Crippen molar-refractivity contribution in [2.75, 3.05) is 0 Å². The van der Waals surface area contributed by atoms with Crippen LogP contribution in [-0.4, -0.2) is 35.0 Å². The average molecular weight is 304 g/mol. The zero-order chi connectivity index (χ0) is 16.3. The lowest BCUT2D eigenvalue weighted by molar-refractivity contribution is -0.155. The Bertz CT molecular complexity index is 571. The van der Waals surface area contributed by atoms with Crippen molar-refractivity contribution in [3.63, 3.8) is 0 Å². The summed E-state index contributed by atoms with van der Waals surface area (Å²) in [6, 6.07) is 6.73. The minimum Gasteiger partial charge on any atom is -0.461 e. The largest absolute Gasteiger partial charge is 0.461 e. The lowest BCUT2D eigenvalue weighted by Crippen LogP contribution is -2.46. The van der Waals surface area contributed by atoms with Crippen molar-refractivity contribution in [1.82, 2.24) is 10.2 Å². The minimum absolute atomic E-state index is 0.299. The number of rotatable bonds is 5. The van der Waals surface area contributed by atoms with Gasteiger partial charge < -0.3 is 10.1 Å². The Balaban J connectivity index is 2.22. The maximum Gasteiger partial charge on any atom is 0.329 e. The molecule has 0 bridgehead atoms. The van der Waals surface area contributed by atoms with Crippen LogP contribution in [0.4, 0.5) is 4.79 Å². The van der Waals surface area contributed by atoms with Gasteiger partial charge in [0.2, 0.25) is 0 Å². The van der Waals surface area contributed by atoms with E-state index in [1.807, 2.05) is 6.07 Å². The van der Waals surface area contributed by atoms with Gasteiger partial charge in [-0.25, -0.2) is 14.5 Å². The molecule has 0 spiro atoms. The topological polar surface area (TPSA) is 75.7 Å². The summed E-state index contributed by atoms with van der Waals surface area (Å²) in [7, 11) is 0. The summed E-state index contributed by atoms with van der Waals surface area (Å²) in [4.78, 5) is 37.8. The number of benzene rings is 1. The first-order valence-corrected chi connectivity index (χ1v) is 7.34. The number of nitrogens with zero attached hydrogens (tertiary/aromatic N) is 1. The van der Waals surface area contributed by atoms with Crippen LogP contribution in [0.2, 0.25) is 0 Å². The van der Waals surface area contributed by atoms with Crippen LogP contribution >= 0.6 is 0 Å². The third kappa shape index (κ3) is 3.10. The quantitative estimate of drug-likeness (QED) is 0.667. The molecule has 1 N–H and O–H groups in total. The SMILES string of the molecule is CCC(C(=O)OC(C)C)N1C(=O)NC(c2ccccc2)C1=O. The summed E-state index contributed by atoms with van der Waals surface area (Å²) in [5.41, 5.74) is 0.690. The lowest BCUT2D eigenvalue weighted by atomic mass is 10.1. The molecule has 1 aromatic carbocycles. The fourth-order valence-corrected chi connectivity index (χ4v) is 2.43. The van der Waals surface area contributed by atoms with E-state index in [-0.39, 0.29) is 6.10 Å². The van der Waals surface area contributed by atoms with Gasteiger partial charge in [0.15, 0.2) is 0 Å². The molecule has 118 valence electrons. The van der Waals surface area contributed by atoms with E-state index in [9.17, 15) is 14.4 Å². The van der Waals surface area contributed by atoms with Crippen LogP contribution in [0, 0.1) is 0 Å². The predicted octanol–water partition coefficient (Wildman–Crippen LogP) is 2.01. The van der Waals surface area contributed by atoms with Crippen LogP contribution in [-0.2, 0) is 14.3 Å². The molecule has 0 saturated carbocycles. The predicted molar refractivity (Wildman–Crippen MR) is 79.9 cm³/mol. The van der Waals surface area contributed by atoms with Gasteiger partial charge in [0, 0.05) is 0 Å². The van der Waals surface area contributed by atoms with Gasteiger partial charge in [0.25, 0.3) is 5.91 Å². The second-order valence-electron chi connectivity index (χ2n) is 5.41. The smallest absolute Gasteiger partial charge is 0.329 e. The number of hydrogen-bond acceptors (Lipinski definition) is 4. The number of imide groups is 1. The molecular weight excluding hydrogens is 284 g/mol. The molecule has 0 aliphatic carbocycles. The van der Waals surface area contributed by atoms with Crippen molar-refractivity contribution in [2.45, 2.75) is 45.4 Å². The number of urea groups is 1. The van der Waals surface area contributed by atoms with Crippen molar-refractivity contribution in [1.29, 1.82) is 0 Å². The van der Waals surface area contributed by atoms with Crippen molar-refractivity contribution in [3.8, 4) is 0 Å². The fourth-order valence-electron chi connectivity index (χ4n) is 2.43. The molecule has 1 aromatic rings. The summed E-state index contributed by atoms with van der Waals surface area (Å²) in [5, 5.41) is 2.62. The number of carbonyl (C=O) groups is 3. The van der Waals surface area contributed by atoms with Crippen LogP contribution in [0.3, 0.4) is 0 Å². The fraction of sp³-hybridized carbons (Fsp3) is 0.438. The first-order chi connectivity index (χ1) is 10.5. The highest BCUT2D eigenvalue weighted by Gasteiger charge is 2.45. The van der Waals surface area contributed by atoms with Crippen LogP contribution in [0.15, 0.2) is 30.3 Å². The van der Waals surface area contributed by atoms with E-state index in [1.165, 1.54) is 0 Å². The Kier molecular flexibility index (Phi) is 4.80. The normalized spacial score (nSPS) is 19.3. The van der Waals surface area contributed by atoms with E-state index in [2.05, 4.69) is 5.32 Å². The monoisotopic (exact) mass is 304 g/mol. The summed E-state index contributed by atoms with van der Waals surface area (Å²) < 4.78 is 5.14. The van der Waals surface area contributed by atoms with E-state index in [0.717, 1.165) is 4.90 Å². The van der Waals surface area contributed by atoms with Gasteiger partial charge in [-0.2, -0.15) is 0 Å². The summed E-state index contributed by atoms with van der Waals surface area (Å²) in [6.45, 7) is 5.19. The Morgan fingerprint density at radius 3 is 2.45 bits per heavy atom. The molecule has 2 rings (SSSR count). The summed E-state index contributed by atoms with van der Waals surface area (Å²) >= 11 is 0. The first-order valence-electron chi connectivity index (χ1n) is 7.34. The highest BCUT2D eigenvalue weighted by molar-refractivity contribution is 6.07. The second-order valence-corrected chi connectivity index (χ2v) is 5.41. The van der Waals surface area contributed by atoms with E-state index < -0.39 is 30.0 Å². The maximum absolute atomic E-state index is 12.5. The molecule has 0 radical (unpaired) electrons. The van der Waals surface area contributed by atoms with Gasteiger partial charge in [-0.15, -0.1) is 0 Å². The second kappa shape index (κ2) is 6.60. The molecule has 2 atom stereocenters. The molecule has 22 heavy (non-hydrogen) atoms. The van der Waals surface area contributed by atoms with Gasteiger partial charge in [-0.05, 0) is 25.8 Å². The van der Waals surface area contributed by atoms with E-state index in [1.54, 1.807) is 45.0 Å². The number of carbonyl (C=O) groups excluding carboxylic acids is 3. The molecule has 1 aliphatic heterocycles. The molecule has 6 heteroatoms. The number of ether oxygens (including phenoxy) is 1. The number of hydrogen-bond donors (Lipinski definition) is 1. The van der Waals surface area contributed by atoms with Gasteiger partial charge in [-0.3, -0.25) is 4.79 Å². The molecule has 1 saturated heterocycles. The zero-order valence-electron chi connectivity index (χ0n) is 12.9. The van der Waals surface area contributed by atoms with Gasteiger partial charge in [-0.1, -0.05) is 37.3 Å². The van der Waals surface area contributed by atoms with Crippen molar-refractivity contribution in [2.24, 2.45) is 0 Å². The molecule has 6 nitrogen and oxygen atoms in total. The first kappa shape index (κ1) is 16.0. The van der Waals surface area contributed by atoms with Crippen molar-refractivity contribution in [3.05, 3.63) is 35.9 Å². The Morgan fingerprint density at radius 2 is 1.91 bits per heavy atom. The highest BCUT2D eigenvalue weighted by Crippen LogP contribution is 2.25. The van der Waals surface area contributed by atoms with Gasteiger partial charge >= 0.3 is 12.0 Å². The standard InChI is InChI=1S/C16H20N2O4/c1-4-12(15(20)22-10(2)3)18-14(19)13(17-16(18)21)11-8-6-5-7-9-11/h5-10,12-13H,4H2,1-3H3,(H,17,21). The third-order valence-electron chi connectivity index (χ3n) is 3.43. The van der Waals surface area contributed by atoms with E-state index >= 15 is 0 Å². The zero-order valence-corrected chi connectivity index (χ0v) is 12.9. The average Bonchev–Trinajstić information content (AvgIpc) is 2.76. The molecule has 1 aliphatic rings. The van der Waals surface area contributed by atoms with Crippen LogP contribution in [0.1, 0.15) is 38.8 Å². The molecular formula is C16H20N2O4. The van der Waals surface area contributed by atoms with Crippen LogP contribution in [0.5, 0.6) is 0 Å². The summed E-state index contributed by atoms with van der Waals surface area (Å²) in [5.74, 6) is -0.988. The Morgan fingerprint density at radius 1 is 1.27 bits per heavy atom. The Hall–Kier alpha value is -2.37. The molecule has 2 unspecified atom stereocenters. The highest BCUT2D eigenvalue weighted by atomic mass is 16.5. The molecule has 1 fully saturated rings. The third-order valence-corrected chi connectivity index (χ3v) is 3.43. The molecule has 0 aromatic heterocycles. The summed E-state index contributed by atoms with van der Waals surface area (Å²) in [6.07, 6.45) is 0.0129. The number of nitrogens with one attached hydrogen (secondary N) is 1. The van der Waals surface area contributed by atoms with E-state index in [4.69, 9.17) is 4.74 Å². The van der Waals surface area contributed by atoms with Crippen molar-refractivity contribution < 1.29 is 19.1 Å². The van der Waals surface area contributed by atoms with Gasteiger partial charge in [0.05, 0.1) is 6.10 Å². The molecule has 1 heterocycles. The number of amides is 3. The van der Waals surface area contributed by atoms with Crippen LogP contribution in [0.25, 0.3) is 0 Å². The van der Waals surface area contributed by atoms with E-state index in [0.29, 0.717) is 12.0 Å². The number of esters is 1. The minimum atomic E-state index is -0.899. The van der Waals surface area contributed by atoms with Gasteiger partial charge in [0.1, 0.15) is 12.1 Å².